The van der Waals surface area contributed by atoms with E-state index in [4.69, 9.17) is 16.3 Å². The number of benzene rings is 2. The molecular weight excluding hydrogens is 430 g/mol. The Bertz CT molecular complexity index is 1050. The second-order valence-electron chi connectivity index (χ2n) is 8.59. The van der Waals surface area contributed by atoms with Crippen LogP contribution in [-0.2, 0) is 9.59 Å². The monoisotopic (exact) mass is 455 g/mol. The number of likely N-dealkylation sites (tertiary alicyclic amines) is 1. The van der Waals surface area contributed by atoms with Crippen molar-refractivity contribution in [3.63, 3.8) is 0 Å². The Balaban J connectivity index is 1.60. The molecule has 1 saturated heterocycles. The third-order valence-electron chi connectivity index (χ3n) is 5.69. The molecule has 2 heterocycles. The van der Waals surface area contributed by atoms with Crippen LogP contribution < -0.4 is 15.0 Å². The third-order valence-corrected chi connectivity index (χ3v) is 5.95. The molecule has 168 valence electrons. The van der Waals surface area contributed by atoms with Gasteiger partial charge in [0, 0.05) is 29.4 Å². The number of hydrogen-bond acceptors (Lipinski definition) is 4. The van der Waals surface area contributed by atoms with Gasteiger partial charge in [-0.05, 0) is 75.6 Å². The second kappa shape index (κ2) is 8.82. The van der Waals surface area contributed by atoms with E-state index in [0.717, 1.165) is 32.4 Å². The summed E-state index contributed by atoms with van der Waals surface area (Å²) in [5.41, 5.74) is 0.341. The minimum Gasteiger partial charge on any atom is -0.476 e. The van der Waals surface area contributed by atoms with E-state index < -0.39 is 5.60 Å². The van der Waals surface area contributed by atoms with Crippen LogP contribution >= 0.6 is 11.6 Å². The minimum absolute atomic E-state index is 0.0738. The van der Waals surface area contributed by atoms with Gasteiger partial charge in [-0.3, -0.25) is 19.3 Å². The van der Waals surface area contributed by atoms with Crippen molar-refractivity contribution in [2.24, 2.45) is 0 Å². The lowest BCUT2D eigenvalue weighted by Gasteiger charge is -2.38. The number of anilines is 2. The van der Waals surface area contributed by atoms with E-state index in [-0.39, 0.29) is 24.3 Å². The highest BCUT2D eigenvalue weighted by molar-refractivity contribution is 6.30. The van der Waals surface area contributed by atoms with E-state index in [0.29, 0.717) is 27.7 Å². The average molecular weight is 456 g/mol. The van der Waals surface area contributed by atoms with Crippen LogP contribution in [-0.4, -0.2) is 47.9 Å². The number of fused-ring (bicyclic) bond motifs is 1. The highest BCUT2D eigenvalue weighted by Gasteiger charge is 2.42. The molecule has 8 heteroatoms. The fraction of sp³-hybridized carbons (Fsp3) is 0.375. The summed E-state index contributed by atoms with van der Waals surface area (Å²) in [6.45, 7) is 4.57. The summed E-state index contributed by atoms with van der Waals surface area (Å²) in [6.07, 6.45) is 3.11. The molecule has 2 aromatic rings. The molecule has 0 spiro atoms. The lowest BCUT2D eigenvalue weighted by Crippen LogP contribution is -2.54. The first-order valence-corrected chi connectivity index (χ1v) is 11.1. The zero-order valence-corrected chi connectivity index (χ0v) is 18.9. The quantitative estimate of drug-likeness (QED) is 0.752. The topological polar surface area (TPSA) is 79.0 Å². The van der Waals surface area contributed by atoms with Crippen LogP contribution in [0.5, 0.6) is 5.75 Å². The van der Waals surface area contributed by atoms with Crippen LogP contribution in [0.1, 0.15) is 43.5 Å². The van der Waals surface area contributed by atoms with E-state index >= 15 is 0 Å². The van der Waals surface area contributed by atoms with Crippen molar-refractivity contribution in [2.75, 3.05) is 29.9 Å². The maximum Gasteiger partial charge on any atom is 0.271 e. The van der Waals surface area contributed by atoms with Crippen LogP contribution in [0.25, 0.3) is 0 Å². The SMILES string of the molecule is CC1(C)Oc2ccc(C(=O)N3CCCCC3)cc2N(CC(=O)Nc2ccc(Cl)cc2)C1=O. The molecule has 32 heavy (non-hydrogen) atoms. The fourth-order valence-electron chi connectivity index (χ4n) is 4.01. The number of nitrogens with one attached hydrogen (secondary N) is 1. The van der Waals surface area contributed by atoms with Crippen LogP contribution in [0, 0.1) is 0 Å². The molecule has 4 rings (SSSR count). The number of ether oxygens (including phenoxy) is 1. The smallest absolute Gasteiger partial charge is 0.271 e. The van der Waals surface area contributed by atoms with E-state index in [9.17, 15) is 14.4 Å². The number of halogens is 1. The average Bonchev–Trinajstić information content (AvgIpc) is 2.78. The summed E-state index contributed by atoms with van der Waals surface area (Å²) < 4.78 is 5.89. The molecule has 0 bridgehead atoms. The van der Waals surface area contributed by atoms with Crippen molar-refractivity contribution >= 4 is 40.7 Å². The molecule has 1 fully saturated rings. The molecule has 2 aliphatic heterocycles. The van der Waals surface area contributed by atoms with E-state index in [1.807, 2.05) is 4.90 Å². The number of hydrogen-bond donors (Lipinski definition) is 1. The first kappa shape index (κ1) is 22.1. The van der Waals surface area contributed by atoms with Gasteiger partial charge < -0.3 is 15.0 Å². The maximum absolute atomic E-state index is 13.1. The van der Waals surface area contributed by atoms with Gasteiger partial charge in [-0.15, -0.1) is 0 Å². The highest BCUT2D eigenvalue weighted by Crippen LogP contribution is 2.38. The highest BCUT2D eigenvalue weighted by atomic mass is 35.5. The number of piperidine rings is 1. The van der Waals surface area contributed by atoms with Crippen molar-refractivity contribution in [1.29, 1.82) is 0 Å². The van der Waals surface area contributed by atoms with Crippen molar-refractivity contribution in [1.82, 2.24) is 4.90 Å². The van der Waals surface area contributed by atoms with Gasteiger partial charge in [-0.1, -0.05) is 11.6 Å². The summed E-state index contributed by atoms with van der Waals surface area (Å²) in [4.78, 5) is 42.1. The molecule has 0 unspecified atom stereocenters. The number of rotatable bonds is 4. The van der Waals surface area contributed by atoms with Crippen LogP contribution in [0.15, 0.2) is 42.5 Å². The summed E-state index contributed by atoms with van der Waals surface area (Å²) in [5.74, 6) is -0.324. The van der Waals surface area contributed by atoms with Gasteiger partial charge in [-0.25, -0.2) is 0 Å². The number of carbonyl (C=O) groups excluding carboxylic acids is 3. The predicted molar refractivity (Wildman–Crippen MR) is 123 cm³/mol. The first-order chi connectivity index (χ1) is 15.2. The lowest BCUT2D eigenvalue weighted by molar-refractivity contribution is -0.133. The van der Waals surface area contributed by atoms with Crippen LogP contribution in [0.2, 0.25) is 5.02 Å². The summed E-state index contributed by atoms with van der Waals surface area (Å²) in [5, 5.41) is 3.34. The molecule has 0 aromatic heterocycles. The zero-order chi connectivity index (χ0) is 22.9. The summed E-state index contributed by atoms with van der Waals surface area (Å²) in [6, 6.07) is 11.8. The molecule has 2 aromatic carbocycles. The van der Waals surface area contributed by atoms with Gasteiger partial charge in [0.15, 0.2) is 5.60 Å². The van der Waals surface area contributed by atoms with Crippen molar-refractivity contribution in [3.8, 4) is 5.75 Å². The van der Waals surface area contributed by atoms with Gasteiger partial charge >= 0.3 is 0 Å². The van der Waals surface area contributed by atoms with E-state index in [2.05, 4.69) is 5.32 Å². The first-order valence-electron chi connectivity index (χ1n) is 10.7. The standard InChI is InChI=1S/C24H26ClN3O4/c1-24(2)23(31)28(15-21(29)26-18-9-7-17(25)8-10-18)19-14-16(6-11-20(19)32-24)22(30)27-12-4-3-5-13-27/h6-11,14H,3-5,12-13,15H2,1-2H3,(H,26,29). The molecular formula is C24H26ClN3O4. The van der Waals surface area contributed by atoms with Gasteiger partial charge in [0.25, 0.3) is 11.8 Å². The number of carbonyl (C=O) groups is 3. The maximum atomic E-state index is 13.1. The normalized spacial score (nSPS) is 17.4. The van der Waals surface area contributed by atoms with Crippen molar-refractivity contribution in [3.05, 3.63) is 53.1 Å². The van der Waals surface area contributed by atoms with Crippen molar-refractivity contribution < 1.29 is 19.1 Å². The Hall–Kier alpha value is -3.06. The zero-order valence-electron chi connectivity index (χ0n) is 18.2. The molecule has 3 amide bonds. The third kappa shape index (κ3) is 4.58. The molecule has 7 nitrogen and oxygen atoms in total. The Labute approximate surface area is 192 Å². The van der Waals surface area contributed by atoms with E-state index in [1.165, 1.54) is 4.90 Å². The summed E-state index contributed by atoms with van der Waals surface area (Å²) >= 11 is 5.90. The molecule has 0 saturated carbocycles. The van der Waals surface area contributed by atoms with Gasteiger partial charge in [-0.2, -0.15) is 0 Å². The Morgan fingerprint density at radius 1 is 1.06 bits per heavy atom. The lowest BCUT2D eigenvalue weighted by atomic mass is 10.0. The van der Waals surface area contributed by atoms with Crippen molar-refractivity contribution in [2.45, 2.75) is 38.7 Å². The molecule has 0 aliphatic carbocycles. The number of nitrogens with zero attached hydrogens (tertiary/aromatic N) is 2. The van der Waals surface area contributed by atoms with E-state index in [1.54, 1.807) is 56.3 Å². The molecule has 0 radical (unpaired) electrons. The second-order valence-corrected chi connectivity index (χ2v) is 9.03. The van der Waals surface area contributed by atoms with Gasteiger partial charge in [0.1, 0.15) is 12.3 Å². The largest absolute Gasteiger partial charge is 0.476 e. The van der Waals surface area contributed by atoms with Crippen LogP contribution in [0.4, 0.5) is 11.4 Å². The summed E-state index contributed by atoms with van der Waals surface area (Å²) in [7, 11) is 0. The fourth-order valence-corrected chi connectivity index (χ4v) is 4.14. The molecule has 0 atom stereocenters. The Morgan fingerprint density at radius 2 is 1.75 bits per heavy atom. The van der Waals surface area contributed by atoms with Gasteiger partial charge in [0.05, 0.1) is 5.69 Å². The minimum atomic E-state index is -1.13. The Morgan fingerprint density at radius 3 is 2.44 bits per heavy atom. The molecule has 2 aliphatic rings. The van der Waals surface area contributed by atoms with Crippen LogP contribution in [0.3, 0.4) is 0 Å². The molecule has 1 N–H and O–H groups in total. The van der Waals surface area contributed by atoms with Gasteiger partial charge in [0.2, 0.25) is 5.91 Å². The number of amides is 3. The Kier molecular flexibility index (Phi) is 6.11. The predicted octanol–water partition coefficient (Wildman–Crippen LogP) is 4.11.